The first-order valence-electron chi connectivity index (χ1n) is 6.74. The number of aromatic nitrogens is 2. The third kappa shape index (κ3) is 3.87. The molecule has 0 bridgehead atoms. The molecule has 124 valence electrons. The van der Waals surface area contributed by atoms with Crippen LogP contribution in [0, 0.1) is 13.8 Å². The summed E-state index contributed by atoms with van der Waals surface area (Å²) in [5.74, 6) is 0.495. The minimum absolute atomic E-state index is 0.225. The number of aryl methyl sites for hydroxylation is 3. The van der Waals surface area contributed by atoms with Gasteiger partial charge in [0.15, 0.2) is 5.69 Å². The molecule has 1 heterocycles. The van der Waals surface area contributed by atoms with Gasteiger partial charge in [-0.15, -0.1) is 11.8 Å². The van der Waals surface area contributed by atoms with Crippen molar-refractivity contribution in [2.75, 3.05) is 0 Å². The van der Waals surface area contributed by atoms with Crippen LogP contribution in [-0.4, -0.2) is 21.2 Å². The number of hydrogen-bond acceptors (Lipinski definition) is 4. The van der Waals surface area contributed by atoms with Crippen molar-refractivity contribution >= 4 is 18.0 Å². The quantitative estimate of drug-likeness (QED) is 0.393. The highest BCUT2D eigenvalue weighted by molar-refractivity contribution is 7.98. The van der Waals surface area contributed by atoms with E-state index in [1.54, 1.807) is 0 Å². The fourth-order valence-electron chi connectivity index (χ4n) is 2.23. The molecule has 0 fully saturated rings. The van der Waals surface area contributed by atoms with E-state index in [0.29, 0.717) is 10.8 Å². The molecule has 0 unspecified atom stereocenters. The number of rotatable bonds is 4. The molecule has 1 N–H and O–H groups in total. The summed E-state index contributed by atoms with van der Waals surface area (Å²) >= 11 is 1.22. The highest BCUT2D eigenvalue weighted by Crippen LogP contribution is 2.36. The first-order valence-corrected chi connectivity index (χ1v) is 7.73. The van der Waals surface area contributed by atoms with Crippen LogP contribution < -0.4 is 0 Å². The molecule has 0 aliphatic rings. The van der Waals surface area contributed by atoms with Gasteiger partial charge in [-0.1, -0.05) is 28.9 Å². The molecular weight excluding hydrogens is 327 g/mol. The second-order valence-electron chi connectivity index (χ2n) is 5.15. The van der Waals surface area contributed by atoms with Gasteiger partial charge in [0.1, 0.15) is 5.03 Å². The number of benzene rings is 1. The number of hydrogen-bond donors (Lipinski definition) is 1. The Morgan fingerprint density at radius 2 is 2.04 bits per heavy atom. The summed E-state index contributed by atoms with van der Waals surface area (Å²) in [6, 6.07) is 5.94. The van der Waals surface area contributed by atoms with Gasteiger partial charge in [-0.25, -0.2) is 0 Å². The van der Waals surface area contributed by atoms with Crippen LogP contribution >= 0.6 is 11.8 Å². The molecule has 0 saturated heterocycles. The van der Waals surface area contributed by atoms with E-state index in [4.69, 9.17) is 5.21 Å². The summed E-state index contributed by atoms with van der Waals surface area (Å²) in [6.07, 6.45) is -3.83. The van der Waals surface area contributed by atoms with Gasteiger partial charge in [0.25, 0.3) is 0 Å². The summed E-state index contributed by atoms with van der Waals surface area (Å²) < 4.78 is 40.2. The highest BCUT2D eigenvalue weighted by atomic mass is 32.2. The van der Waals surface area contributed by atoms with Crippen LogP contribution in [0.5, 0.6) is 0 Å². The SMILES string of the molecule is Cc1ccc(CSc2c(/C=N/O)c(C(F)(F)F)nn2C)c(C)c1. The second-order valence-corrected chi connectivity index (χ2v) is 6.12. The van der Waals surface area contributed by atoms with Crippen molar-refractivity contribution < 1.29 is 18.4 Å². The maximum atomic E-state index is 13.0. The lowest BCUT2D eigenvalue weighted by Crippen LogP contribution is -2.09. The molecule has 0 saturated carbocycles. The summed E-state index contributed by atoms with van der Waals surface area (Å²) in [4.78, 5) is 0. The lowest BCUT2D eigenvalue weighted by Gasteiger charge is -2.08. The smallest absolute Gasteiger partial charge is 0.411 e. The standard InChI is InChI=1S/C15H16F3N3OS/c1-9-4-5-11(10(2)6-9)8-23-14-12(7-19-22)13(15(16,17)18)20-21(14)3/h4-7,22H,8H2,1-3H3/b19-7+. The Labute approximate surface area is 136 Å². The fourth-order valence-corrected chi connectivity index (χ4v) is 3.38. The number of nitrogens with zero attached hydrogens (tertiary/aromatic N) is 3. The van der Waals surface area contributed by atoms with Crippen LogP contribution in [0.1, 0.15) is 27.9 Å². The molecule has 0 atom stereocenters. The van der Waals surface area contributed by atoms with E-state index in [2.05, 4.69) is 10.3 Å². The molecule has 0 amide bonds. The van der Waals surface area contributed by atoms with Gasteiger partial charge in [-0.2, -0.15) is 18.3 Å². The molecule has 0 spiro atoms. The Kier molecular flexibility index (Phi) is 5.03. The van der Waals surface area contributed by atoms with E-state index in [0.717, 1.165) is 27.6 Å². The highest BCUT2D eigenvalue weighted by Gasteiger charge is 2.38. The van der Waals surface area contributed by atoms with Crippen LogP contribution in [-0.2, 0) is 19.0 Å². The monoisotopic (exact) mass is 343 g/mol. The Bertz CT molecular complexity index is 738. The molecular formula is C15H16F3N3OS. The number of thioether (sulfide) groups is 1. The molecule has 4 nitrogen and oxygen atoms in total. The molecule has 1 aromatic heterocycles. The average molecular weight is 343 g/mol. The number of alkyl halides is 3. The third-order valence-electron chi connectivity index (χ3n) is 3.35. The van der Waals surface area contributed by atoms with E-state index in [-0.39, 0.29) is 5.56 Å². The topological polar surface area (TPSA) is 50.4 Å². The van der Waals surface area contributed by atoms with Gasteiger partial charge >= 0.3 is 6.18 Å². The van der Waals surface area contributed by atoms with Gasteiger partial charge in [0, 0.05) is 12.8 Å². The Balaban J connectivity index is 2.34. The zero-order chi connectivity index (χ0) is 17.2. The number of halogens is 3. The minimum Gasteiger partial charge on any atom is -0.411 e. The average Bonchev–Trinajstić information content (AvgIpc) is 2.75. The van der Waals surface area contributed by atoms with E-state index in [1.807, 2.05) is 32.0 Å². The largest absolute Gasteiger partial charge is 0.435 e. The molecule has 2 rings (SSSR count). The first kappa shape index (κ1) is 17.4. The van der Waals surface area contributed by atoms with Crippen molar-refractivity contribution in [3.05, 3.63) is 46.1 Å². The normalized spacial score (nSPS) is 12.3. The predicted octanol–water partition coefficient (Wildman–Crippen LogP) is 4.16. The Morgan fingerprint density at radius 1 is 1.35 bits per heavy atom. The lowest BCUT2D eigenvalue weighted by atomic mass is 10.1. The van der Waals surface area contributed by atoms with Gasteiger partial charge in [0.05, 0.1) is 11.8 Å². The van der Waals surface area contributed by atoms with Gasteiger partial charge in [-0.05, 0) is 25.0 Å². The maximum absolute atomic E-state index is 13.0. The molecule has 8 heteroatoms. The molecule has 1 aromatic carbocycles. The van der Waals surface area contributed by atoms with Crippen molar-refractivity contribution in [3.63, 3.8) is 0 Å². The summed E-state index contributed by atoms with van der Waals surface area (Å²) in [5, 5.41) is 15.2. The van der Waals surface area contributed by atoms with Crippen LogP contribution in [0.3, 0.4) is 0 Å². The van der Waals surface area contributed by atoms with E-state index in [1.165, 1.54) is 18.8 Å². The van der Waals surface area contributed by atoms with Crippen LogP contribution in [0.15, 0.2) is 28.4 Å². The first-order chi connectivity index (χ1) is 10.7. The lowest BCUT2D eigenvalue weighted by molar-refractivity contribution is -0.141. The predicted molar refractivity (Wildman–Crippen MR) is 83.1 cm³/mol. The van der Waals surface area contributed by atoms with Gasteiger partial charge in [0.2, 0.25) is 0 Å². The Morgan fingerprint density at radius 3 is 2.61 bits per heavy atom. The van der Waals surface area contributed by atoms with Crippen LogP contribution in [0.4, 0.5) is 13.2 Å². The molecule has 0 aliphatic heterocycles. The molecule has 0 aliphatic carbocycles. The van der Waals surface area contributed by atoms with Gasteiger partial charge in [-0.3, -0.25) is 4.68 Å². The third-order valence-corrected chi connectivity index (χ3v) is 4.56. The second kappa shape index (κ2) is 6.66. The summed E-state index contributed by atoms with van der Waals surface area (Å²) in [6.45, 7) is 3.94. The van der Waals surface area contributed by atoms with Crippen LogP contribution in [0.25, 0.3) is 0 Å². The Hall–Kier alpha value is -1.96. The van der Waals surface area contributed by atoms with Crippen molar-refractivity contribution in [2.45, 2.75) is 30.8 Å². The minimum atomic E-state index is -4.60. The van der Waals surface area contributed by atoms with Crippen molar-refractivity contribution in [3.8, 4) is 0 Å². The fraction of sp³-hybridized carbons (Fsp3) is 0.333. The zero-order valence-corrected chi connectivity index (χ0v) is 13.7. The molecule has 23 heavy (non-hydrogen) atoms. The van der Waals surface area contributed by atoms with Crippen molar-refractivity contribution in [2.24, 2.45) is 12.2 Å². The molecule has 0 radical (unpaired) electrons. The van der Waals surface area contributed by atoms with Crippen molar-refractivity contribution in [1.82, 2.24) is 9.78 Å². The summed E-state index contributed by atoms with van der Waals surface area (Å²) in [5.41, 5.74) is 1.96. The zero-order valence-electron chi connectivity index (χ0n) is 12.8. The van der Waals surface area contributed by atoms with Crippen molar-refractivity contribution in [1.29, 1.82) is 0 Å². The number of oxime groups is 1. The van der Waals surface area contributed by atoms with E-state index < -0.39 is 11.9 Å². The van der Waals surface area contributed by atoms with E-state index in [9.17, 15) is 13.2 Å². The van der Waals surface area contributed by atoms with Gasteiger partial charge < -0.3 is 5.21 Å². The maximum Gasteiger partial charge on any atom is 0.435 e. The van der Waals surface area contributed by atoms with Crippen LogP contribution in [0.2, 0.25) is 0 Å². The summed E-state index contributed by atoms with van der Waals surface area (Å²) in [7, 11) is 1.44. The van der Waals surface area contributed by atoms with E-state index >= 15 is 0 Å². The molecule has 2 aromatic rings.